The number of rotatable bonds is 3. The van der Waals surface area contributed by atoms with Gasteiger partial charge in [0.1, 0.15) is 0 Å². The third-order valence-corrected chi connectivity index (χ3v) is 5.59. The van der Waals surface area contributed by atoms with Crippen LogP contribution in [0.5, 0.6) is 0 Å². The Balaban J connectivity index is 1.84. The van der Waals surface area contributed by atoms with Gasteiger partial charge < -0.3 is 0 Å². The average Bonchev–Trinajstić information content (AvgIpc) is 3.12. The SMILES string of the molecule is Cc1ccc(-n2c(-c3ccccc3)cs/c2=N/N=C2CCCCC2)cc1. The van der Waals surface area contributed by atoms with E-state index in [0.717, 1.165) is 29.0 Å². The fraction of sp³-hybridized carbons (Fsp3) is 0.273. The Bertz CT molecular complexity index is 955. The largest absolute Gasteiger partial charge is 0.284 e. The summed E-state index contributed by atoms with van der Waals surface area (Å²) in [5.41, 5.74) is 5.96. The van der Waals surface area contributed by atoms with Crippen LogP contribution in [0.1, 0.15) is 37.7 Å². The van der Waals surface area contributed by atoms with Crippen molar-refractivity contribution < 1.29 is 0 Å². The first-order valence-electron chi connectivity index (χ1n) is 9.24. The Morgan fingerprint density at radius 2 is 1.58 bits per heavy atom. The van der Waals surface area contributed by atoms with Crippen LogP contribution in [0.3, 0.4) is 0 Å². The maximum absolute atomic E-state index is 4.64. The van der Waals surface area contributed by atoms with Crippen LogP contribution < -0.4 is 4.80 Å². The van der Waals surface area contributed by atoms with E-state index in [9.17, 15) is 0 Å². The molecule has 1 saturated carbocycles. The zero-order valence-electron chi connectivity index (χ0n) is 15.1. The number of aryl methyl sites for hydroxylation is 1. The molecule has 2 aromatic carbocycles. The minimum absolute atomic E-state index is 0.922. The number of hydrogen-bond acceptors (Lipinski definition) is 3. The topological polar surface area (TPSA) is 29.6 Å². The van der Waals surface area contributed by atoms with Crippen molar-refractivity contribution in [2.24, 2.45) is 10.2 Å². The van der Waals surface area contributed by atoms with Gasteiger partial charge in [-0.05, 0) is 50.3 Å². The van der Waals surface area contributed by atoms with Gasteiger partial charge >= 0.3 is 0 Å². The van der Waals surface area contributed by atoms with Crippen LogP contribution in [0.4, 0.5) is 0 Å². The van der Waals surface area contributed by atoms with E-state index in [2.05, 4.69) is 75.6 Å². The van der Waals surface area contributed by atoms with Crippen LogP contribution in [0.15, 0.2) is 70.2 Å². The molecular formula is C22H23N3S. The lowest BCUT2D eigenvalue weighted by Gasteiger charge is -2.11. The van der Waals surface area contributed by atoms with E-state index in [4.69, 9.17) is 0 Å². The van der Waals surface area contributed by atoms with Gasteiger partial charge in [-0.2, -0.15) is 5.10 Å². The van der Waals surface area contributed by atoms with Crippen molar-refractivity contribution in [3.63, 3.8) is 0 Å². The van der Waals surface area contributed by atoms with Crippen LogP contribution in [-0.2, 0) is 0 Å². The zero-order chi connectivity index (χ0) is 17.8. The van der Waals surface area contributed by atoms with Crippen molar-refractivity contribution in [3.8, 4) is 16.9 Å². The quantitative estimate of drug-likeness (QED) is 0.533. The summed E-state index contributed by atoms with van der Waals surface area (Å²) >= 11 is 1.65. The molecule has 1 aromatic heterocycles. The molecular weight excluding hydrogens is 338 g/mol. The standard InChI is InChI=1S/C22H23N3S/c1-17-12-14-20(15-13-17)25-21(18-8-4-2-5-9-18)16-26-22(25)24-23-19-10-6-3-7-11-19/h2,4-5,8-9,12-16H,3,6-7,10-11H2,1H3/b24-22+. The summed E-state index contributed by atoms with van der Waals surface area (Å²) in [6, 6.07) is 19.1. The highest BCUT2D eigenvalue weighted by atomic mass is 32.1. The number of thiazole rings is 1. The van der Waals surface area contributed by atoms with E-state index < -0.39 is 0 Å². The summed E-state index contributed by atoms with van der Waals surface area (Å²) in [5.74, 6) is 0. The minimum atomic E-state index is 0.922. The highest BCUT2D eigenvalue weighted by Crippen LogP contribution is 2.23. The predicted octanol–water partition coefficient (Wildman–Crippen LogP) is 5.74. The lowest BCUT2D eigenvalue weighted by atomic mass is 9.99. The first kappa shape index (κ1) is 17.0. The summed E-state index contributed by atoms with van der Waals surface area (Å²) in [5, 5.41) is 11.4. The van der Waals surface area contributed by atoms with E-state index in [1.807, 2.05) is 6.07 Å². The fourth-order valence-corrected chi connectivity index (χ4v) is 4.16. The van der Waals surface area contributed by atoms with Gasteiger partial charge in [0.25, 0.3) is 0 Å². The number of hydrogen-bond donors (Lipinski definition) is 0. The van der Waals surface area contributed by atoms with Crippen LogP contribution in [0.25, 0.3) is 16.9 Å². The number of benzene rings is 2. The van der Waals surface area contributed by atoms with Gasteiger partial charge in [-0.25, -0.2) is 0 Å². The van der Waals surface area contributed by atoms with Crippen LogP contribution in [0.2, 0.25) is 0 Å². The Morgan fingerprint density at radius 1 is 0.846 bits per heavy atom. The van der Waals surface area contributed by atoms with E-state index in [-0.39, 0.29) is 0 Å². The molecule has 0 atom stereocenters. The molecule has 1 aliphatic rings. The van der Waals surface area contributed by atoms with Gasteiger partial charge in [-0.1, -0.05) is 54.4 Å². The van der Waals surface area contributed by atoms with Gasteiger partial charge in [0, 0.05) is 16.8 Å². The van der Waals surface area contributed by atoms with Crippen molar-refractivity contribution in [1.29, 1.82) is 0 Å². The van der Waals surface area contributed by atoms with E-state index in [1.165, 1.54) is 36.1 Å². The third-order valence-electron chi connectivity index (χ3n) is 4.78. The number of nitrogens with zero attached hydrogens (tertiary/aromatic N) is 3. The normalized spacial score (nSPS) is 15.3. The van der Waals surface area contributed by atoms with Crippen molar-refractivity contribution >= 4 is 17.0 Å². The fourth-order valence-electron chi connectivity index (χ4n) is 3.31. The van der Waals surface area contributed by atoms with Gasteiger partial charge in [0.2, 0.25) is 4.80 Å². The molecule has 1 aliphatic carbocycles. The molecule has 1 fully saturated rings. The highest BCUT2D eigenvalue weighted by Gasteiger charge is 2.11. The van der Waals surface area contributed by atoms with Crippen LogP contribution in [-0.4, -0.2) is 10.3 Å². The van der Waals surface area contributed by atoms with Gasteiger partial charge in [0.05, 0.1) is 5.69 Å². The summed E-state index contributed by atoms with van der Waals surface area (Å²) in [7, 11) is 0. The average molecular weight is 362 g/mol. The van der Waals surface area contributed by atoms with Crippen molar-refractivity contribution in [2.45, 2.75) is 39.0 Å². The minimum Gasteiger partial charge on any atom is -0.284 e. The molecule has 0 spiro atoms. The van der Waals surface area contributed by atoms with Gasteiger partial charge in [-0.15, -0.1) is 16.4 Å². The second-order valence-corrected chi connectivity index (χ2v) is 7.60. The second kappa shape index (κ2) is 7.83. The summed E-state index contributed by atoms with van der Waals surface area (Å²) in [6.45, 7) is 2.11. The van der Waals surface area contributed by atoms with E-state index >= 15 is 0 Å². The first-order valence-corrected chi connectivity index (χ1v) is 10.1. The predicted molar refractivity (Wildman–Crippen MR) is 110 cm³/mol. The van der Waals surface area contributed by atoms with E-state index in [1.54, 1.807) is 11.3 Å². The first-order chi connectivity index (χ1) is 12.8. The molecule has 0 aliphatic heterocycles. The molecule has 0 bridgehead atoms. The Morgan fingerprint density at radius 3 is 2.31 bits per heavy atom. The Labute approximate surface area is 158 Å². The molecule has 132 valence electrons. The molecule has 3 nitrogen and oxygen atoms in total. The highest BCUT2D eigenvalue weighted by molar-refractivity contribution is 7.07. The smallest absolute Gasteiger partial charge is 0.215 e. The van der Waals surface area contributed by atoms with Crippen LogP contribution in [0, 0.1) is 6.92 Å². The Hall–Kier alpha value is -2.46. The Kier molecular flexibility index (Phi) is 5.12. The zero-order valence-corrected chi connectivity index (χ0v) is 15.9. The molecule has 0 N–H and O–H groups in total. The van der Waals surface area contributed by atoms with Crippen LogP contribution >= 0.6 is 11.3 Å². The third kappa shape index (κ3) is 3.70. The molecule has 4 heteroatoms. The summed E-state index contributed by atoms with van der Waals surface area (Å²) in [6.07, 6.45) is 5.98. The maximum Gasteiger partial charge on any atom is 0.215 e. The molecule has 0 unspecified atom stereocenters. The van der Waals surface area contributed by atoms with Crippen molar-refractivity contribution in [2.75, 3.05) is 0 Å². The lowest BCUT2D eigenvalue weighted by molar-refractivity contribution is 0.663. The monoisotopic (exact) mass is 361 g/mol. The summed E-state index contributed by atoms with van der Waals surface area (Å²) < 4.78 is 2.21. The molecule has 0 radical (unpaired) electrons. The lowest BCUT2D eigenvalue weighted by Crippen LogP contribution is -2.14. The maximum atomic E-state index is 4.64. The molecule has 26 heavy (non-hydrogen) atoms. The van der Waals surface area contributed by atoms with E-state index in [0.29, 0.717) is 0 Å². The van der Waals surface area contributed by atoms with Gasteiger partial charge in [-0.3, -0.25) is 4.57 Å². The molecule has 0 amide bonds. The molecule has 0 saturated heterocycles. The number of aromatic nitrogens is 1. The molecule has 1 heterocycles. The molecule has 3 aromatic rings. The summed E-state index contributed by atoms with van der Waals surface area (Å²) in [4.78, 5) is 0.922. The van der Waals surface area contributed by atoms with Crippen molar-refractivity contribution in [1.82, 2.24) is 4.57 Å². The second-order valence-electron chi connectivity index (χ2n) is 6.77. The van der Waals surface area contributed by atoms with Crippen molar-refractivity contribution in [3.05, 3.63) is 70.3 Å². The van der Waals surface area contributed by atoms with Gasteiger partial charge in [0.15, 0.2) is 0 Å². The molecule has 4 rings (SSSR count).